The third-order valence-corrected chi connectivity index (χ3v) is 3.42. The molecule has 8 heteroatoms. The van der Waals surface area contributed by atoms with E-state index in [4.69, 9.17) is 15.2 Å². The predicted octanol–water partition coefficient (Wildman–Crippen LogP) is 1.12. The number of nitrogens with zero attached hydrogens (tertiary/aromatic N) is 1. The third kappa shape index (κ3) is 4.03. The minimum Gasteiger partial charge on any atom is -0.458 e. The Hall–Kier alpha value is -2.74. The van der Waals surface area contributed by atoms with Gasteiger partial charge in [0.05, 0.1) is 6.42 Å². The molecular formula is C17H20N2O6. The van der Waals surface area contributed by atoms with Gasteiger partial charge in [-0.15, -0.1) is 0 Å². The van der Waals surface area contributed by atoms with Crippen LogP contribution in [0.1, 0.15) is 32.8 Å². The first-order valence-electron chi connectivity index (χ1n) is 7.65. The number of hydrogen-bond acceptors (Lipinski definition) is 7. The highest BCUT2D eigenvalue weighted by Crippen LogP contribution is 2.26. The average Bonchev–Trinajstić information content (AvgIpc) is 2.75. The van der Waals surface area contributed by atoms with E-state index in [-0.39, 0.29) is 11.5 Å². The van der Waals surface area contributed by atoms with Gasteiger partial charge < -0.3 is 15.2 Å². The maximum atomic E-state index is 12.4. The van der Waals surface area contributed by atoms with Crippen molar-refractivity contribution in [2.75, 3.05) is 0 Å². The molecule has 0 bridgehead atoms. The van der Waals surface area contributed by atoms with Crippen LogP contribution in [-0.2, 0) is 30.5 Å². The summed E-state index contributed by atoms with van der Waals surface area (Å²) >= 11 is 0. The van der Waals surface area contributed by atoms with Crippen LogP contribution in [0.3, 0.4) is 0 Å². The topological polar surface area (TPSA) is 116 Å². The van der Waals surface area contributed by atoms with Crippen molar-refractivity contribution in [1.82, 2.24) is 4.90 Å². The van der Waals surface area contributed by atoms with Crippen molar-refractivity contribution < 1.29 is 28.7 Å². The summed E-state index contributed by atoms with van der Waals surface area (Å²) in [7, 11) is 0. The number of likely N-dealkylation sites (tertiary alicyclic amines) is 1. The monoisotopic (exact) mass is 348 g/mol. The van der Waals surface area contributed by atoms with Crippen molar-refractivity contribution in [3.63, 3.8) is 0 Å². The molecule has 1 aliphatic heterocycles. The molecule has 1 aliphatic rings. The van der Waals surface area contributed by atoms with Gasteiger partial charge in [-0.25, -0.2) is 9.59 Å². The molecule has 0 radical (unpaired) electrons. The Morgan fingerprint density at radius 3 is 2.36 bits per heavy atom. The molecule has 1 saturated heterocycles. The highest BCUT2D eigenvalue weighted by atomic mass is 16.6. The molecule has 1 aromatic rings. The molecule has 1 heterocycles. The summed E-state index contributed by atoms with van der Waals surface area (Å²) in [6, 6.07) is 8.73. The Morgan fingerprint density at radius 1 is 1.20 bits per heavy atom. The maximum absolute atomic E-state index is 12.4. The lowest BCUT2D eigenvalue weighted by atomic mass is 9.99. The summed E-state index contributed by atoms with van der Waals surface area (Å²) in [5.74, 6) is -3.11. The second-order valence-corrected chi connectivity index (χ2v) is 6.72. The maximum Gasteiger partial charge on any atom is 0.423 e. The number of benzene rings is 1. The lowest BCUT2D eigenvalue weighted by Crippen LogP contribution is -2.57. The van der Waals surface area contributed by atoms with Gasteiger partial charge >= 0.3 is 12.1 Å². The Morgan fingerprint density at radius 2 is 1.80 bits per heavy atom. The van der Waals surface area contributed by atoms with Crippen molar-refractivity contribution in [2.24, 2.45) is 5.73 Å². The van der Waals surface area contributed by atoms with Crippen LogP contribution in [0.4, 0.5) is 4.79 Å². The fourth-order valence-corrected chi connectivity index (χ4v) is 2.20. The van der Waals surface area contributed by atoms with Crippen LogP contribution < -0.4 is 5.73 Å². The summed E-state index contributed by atoms with van der Waals surface area (Å²) in [5, 5.41) is 0. The van der Waals surface area contributed by atoms with E-state index in [1.54, 1.807) is 51.1 Å². The van der Waals surface area contributed by atoms with Gasteiger partial charge in [0.25, 0.3) is 5.91 Å². The number of hydrogen-bond donors (Lipinski definition) is 1. The Kier molecular flexibility index (Phi) is 4.94. The standard InChI is InChI=1S/C17H20N2O6/c1-16(2,3)25-14(22)17(18)9-12(20)19(13(17)21)15(23)24-10-11-7-5-4-6-8-11/h4-8H,9-10,18H2,1-3H3/t17-/m0/s1. The van der Waals surface area contributed by atoms with Crippen LogP contribution in [0.2, 0.25) is 0 Å². The van der Waals surface area contributed by atoms with Gasteiger partial charge in [-0.1, -0.05) is 30.3 Å². The zero-order chi connectivity index (χ0) is 18.8. The van der Waals surface area contributed by atoms with E-state index in [0.717, 1.165) is 0 Å². The van der Waals surface area contributed by atoms with Crippen molar-refractivity contribution >= 4 is 23.9 Å². The fraction of sp³-hybridized carbons (Fsp3) is 0.412. The zero-order valence-electron chi connectivity index (χ0n) is 14.3. The molecule has 8 nitrogen and oxygen atoms in total. The van der Waals surface area contributed by atoms with Crippen molar-refractivity contribution in [2.45, 2.75) is 44.9 Å². The van der Waals surface area contributed by atoms with Crippen LogP contribution in [-0.4, -0.2) is 39.9 Å². The van der Waals surface area contributed by atoms with Crippen LogP contribution in [0, 0.1) is 0 Å². The van der Waals surface area contributed by atoms with Crippen LogP contribution >= 0.6 is 0 Å². The molecule has 134 valence electrons. The van der Waals surface area contributed by atoms with E-state index >= 15 is 0 Å². The van der Waals surface area contributed by atoms with Crippen molar-refractivity contribution in [1.29, 1.82) is 0 Å². The summed E-state index contributed by atoms with van der Waals surface area (Å²) in [4.78, 5) is 49.0. The second kappa shape index (κ2) is 6.64. The van der Waals surface area contributed by atoms with Crippen LogP contribution in [0.5, 0.6) is 0 Å². The fourth-order valence-electron chi connectivity index (χ4n) is 2.20. The Labute approximate surface area is 144 Å². The number of carbonyl (C=O) groups is 4. The van der Waals surface area contributed by atoms with E-state index in [2.05, 4.69) is 0 Å². The lowest BCUT2D eigenvalue weighted by Gasteiger charge is -2.26. The van der Waals surface area contributed by atoms with E-state index in [0.29, 0.717) is 5.56 Å². The van der Waals surface area contributed by atoms with Gasteiger partial charge in [0.15, 0.2) is 0 Å². The number of imide groups is 3. The smallest absolute Gasteiger partial charge is 0.423 e. The molecule has 1 fully saturated rings. The van der Waals surface area contributed by atoms with Gasteiger partial charge in [-0.2, -0.15) is 4.90 Å². The van der Waals surface area contributed by atoms with Gasteiger partial charge in [-0.05, 0) is 26.3 Å². The molecule has 1 atom stereocenters. The van der Waals surface area contributed by atoms with E-state index in [9.17, 15) is 19.2 Å². The van der Waals surface area contributed by atoms with Crippen molar-refractivity contribution in [3.05, 3.63) is 35.9 Å². The third-order valence-electron chi connectivity index (χ3n) is 3.42. The molecule has 0 unspecified atom stereocenters. The van der Waals surface area contributed by atoms with E-state index < -0.39 is 41.4 Å². The number of ether oxygens (including phenoxy) is 2. The first-order chi connectivity index (χ1) is 11.5. The van der Waals surface area contributed by atoms with E-state index in [1.165, 1.54) is 0 Å². The number of esters is 1. The number of amides is 3. The number of carbonyl (C=O) groups excluding carboxylic acids is 4. The Bertz CT molecular complexity index is 710. The summed E-state index contributed by atoms with van der Waals surface area (Å²) in [6.45, 7) is 4.67. The molecule has 0 aliphatic carbocycles. The molecule has 2 rings (SSSR count). The van der Waals surface area contributed by atoms with E-state index in [1.807, 2.05) is 0 Å². The van der Waals surface area contributed by atoms with Gasteiger partial charge in [0, 0.05) is 0 Å². The summed E-state index contributed by atoms with van der Waals surface area (Å²) in [5.41, 5.74) is 3.35. The molecule has 2 N–H and O–H groups in total. The summed E-state index contributed by atoms with van der Waals surface area (Å²) in [6.07, 6.45) is -1.82. The highest BCUT2D eigenvalue weighted by molar-refractivity contribution is 6.25. The predicted molar refractivity (Wildman–Crippen MR) is 85.9 cm³/mol. The molecule has 0 saturated carbocycles. The number of nitrogens with two attached hydrogens (primary N) is 1. The SMILES string of the molecule is CC(C)(C)OC(=O)[C@]1(N)CC(=O)N(C(=O)OCc2ccccc2)C1=O. The molecule has 0 spiro atoms. The zero-order valence-corrected chi connectivity index (χ0v) is 14.3. The minimum atomic E-state index is -2.23. The molecule has 0 aromatic heterocycles. The van der Waals surface area contributed by atoms with Gasteiger partial charge in [0.2, 0.25) is 11.4 Å². The highest BCUT2D eigenvalue weighted by Gasteiger charge is 2.58. The Balaban J connectivity index is 2.09. The quantitative estimate of drug-likeness (QED) is 0.494. The average molecular weight is 348 g/mol. The molecular weight excluding hydrogens is 328 g/mol. The molecule has 3 amide bonds. The second-order valence-electron chi connectivity index (χ2n) is 6.72. The van der Waals surface area contributed by atoms with Gasteiger partial charge in [-0.3, -0.25) is 9.59 Å². The minimum absolute atomic E-state index is 0.124. The molecule has 1 aromatic carbocycles. The normalized spacial score (nSPS) is 20.6. The van der Waals surface area contributed by atoms with Crippen molar-refractivity contribution in [3.8, 4) is 0 Å². The van der Waals surface area contributed by atoms with Crippen LogP contribution in [0.15, 0.2) is 30.3 Å². The molecule has 25 heavy (non-hydrogen) atoms. The van der Waals surface area contributed by atoms with Crippen LogP contribution in [0.25, 0.3) is 0 Å². The summed E-state index contributed by atoms with van der Waals surface area (Å²) < 4.78 is 10.0. The first-order valence-corrected chi connectivity index (χ1v) is 7.65. The largest absolute Gasteiger partial charge is 0.458 e. The van der Waals surface area contributed by atoms with Gasteiger partial charge in [0.1, 0.15) is 12.2 Å². The number of rotatable bonds is 3. The lowest BCUT2D eigenvalue weighted by molar-refractivity contribution is -0.164. The first kappa shape index (κ1) is 18.6.